The predicted octanol–water partition coefficient (Wildman–Crippen LogP) is 3.21. The highest BCUT2D eigenvalue weighted by atomic mass is 32.2. The molecule has 0 bridgehead atoms. The molecule has 0 radical (unpaired) electrons. The molecule has 0 atom stereocenters. The molecule has 0 amide bonds. The number of aryl methyl sites for hydroxylation is 1. The summed E-state index contributed by atoms with van der Waals surface area (Å²) in [5.74, 6) is -0.935. The van der Waals surface area contributed by atoms with Gasteiger partial charge in [0.2, 0.25) is 0 Å². The van der Waals surface area contributed by atoms with Crippen LogP contribution in [-0.4, -0.2) is 26.1 Å². The number of benzene rings is 1. The van der Waals surface area contributed by atoms with Crippen LogP contribution in [0.1, 0.15) is 43.9 Å². The van der Waals surface area contributed by atoms with E-state index in [9.17, 15) is 13.2 Å². The molecule has 7 heteroatoms. The summed E-state index contributed by atoms with van der Waals surface area (Å²) in [6.45, 7) is 12.1. The van der Waals surface area contributed by atoms with Crippen molar-refractivity contribution < 1.29 is 22.5 Å². The van der Waals surface area contributed by atoms with Crippen molar-refractivity contribution in [3.63, 3.8) is 0 Å². The zero-order valence-corrected chi connectivity index (χ0v) is 15.8. The minimum atomic E-state index is -3.68. The Hall–Kier alpha value is -1.86. The van der Waals surface area contributed by atoms with Gasteiger partial charge in [-0.1, -0.05) is 19.9 Å². The van der Waals surface area contributed by atoms with E-state index >= 15 is 0 Å². The Balaban J connectivity index is 0.000000754. The Labute approximate surface area is 144 Å². The van der Waals surface area contributed by atoms with Crippen molar-refractivity contribution in [2.75, 3.05) is 12.3 Å². The van der Waals surface area contributed by atoms with Crippen molar-refractivity contribution in [3.05, 3.63) is 34.9 Å². The van der Waals surface area contributed by atoms with Gasteiger partial charge in [0, 0.05) is 11.3 Å². The van der Waals surface area contributed by atoms with Crippen LogP contribution >= 0.6 is 0 Å². The second kappa shape index (κ2) is 9.44. The van der Waals surface area contributed by atoms with Crippen LogP contribution in [0.15, 0.2) is 23.1 Å². The van der Waals surface area contributed by atoms with Crippen LogP contribution in [0.2, 0.25) is 0 Å². The second-order valence-corrected chi connectivity index (χ2v) is 6.99. The van der Waals surface area contributed by atoms with Gasteiger partial charge in [-0.05, 0) is 56.9 Å². The van der Waals surface area contributed by atoms with Gasteiger partial charge < -0.3 is 10.8 Å². The third kappa shape index (κ3) is 5.98. The van der Waals surface area contributed by atoms with Crippen molar-refractivity contribution >= 4 is 21.8 Å². The highest BCUT2D eigenvalue weighted by Gasteiger charge is 2.22. The van der Waals surface area contributed by atoms with Gasteiger partial charge in [0.1, 0.15) is 0 Å². The molecule has 1 rings (SSSR count). The number of aliphatic carboxylic acids is 1. The van der Waals surface area contributed by atoms with E-state index in [1.54, 1.807) is 13.0 Å². The molecule has 0 spiro atoms. The van der Waals surface area contributed by atoms with Crippen LogP contribution in [0.4, 0.5) is 5.69 Å². The van der Waals surface area contributed by atoms with E-state index in [4.69, 9.17) is 15.0 Å². The van der Waals surface area contributed by atoms with E-state index in [0.717, 1.165) is 23.1 Å². The van der Waals surface area contributed by atoms with Gasteiger partial charge in [-0.3, -0.25) is 4.18 Å². The van der Waals surface area contributed by atoms with Crippen LogP contribution in [0.5, 0.6) is 0 Å². The molecule has 0 heterocycles. The topological polar surface area (TPSA) is 107 Å². The Bertz CT molecular complexity index is 696. The molecule has 3 N–H and O–H groups in total. The Morgan fingerprint density at radius 1 is 1.33 bits per heavy atom. The van der Waals surface area contributed by atoms with E-state index in [1.165, 1.54) is 6.92 Å². The number of carbonyl (C=O) groups is 1. The monoisotopic (exact) mass is 357 g/mol. The Kier molecular flexibility index (Phi) is 8.71. The van der Waals surface area contributed by atoms with E-state index in [1.807, 2.05) is 20.8 Å². The first-order chi connectivity index (χ1) is 11.0. The average Bonchev–Trinajstić information content (AvgIpc) is 2.48. The molecule has 1 aromatic rings. The van der Waals surface area contributed by atoms with Crippen molar-refractivity contribution in [1.82, 2.24) is 0 Å². The fraction of sp³-hybridized carbons (Fsp3) is 0.471. The van der Waals surface area contributed by atoms with Crippen molar-refractivity contribution in [2.45, 2.75) is 52.4 Å². The maximum Gasteiger partial charge on any atom is 0.330 e. The number of carboxylic acid groups (broad SMARTS) is 1. The molecule has 1 aromatic carbocycles. The molecule has 0 aromatic heterocycles. The first-order valence-corrected chi connectivity index (χ1v) is 9.07. The molecule has 6 nitrogen and oxygen atoms in total. The smallest absolute Gasteiger partial charge is 0.330 e. The van der Waals surface area contributed by atoms with Crippen LogP contribution in [-0.2, 0) is 25.5 Å². The third-order valence-electron chi connectivity index (χ3n) is 3.33. The molecule has 0 aliphatic heterocycles. The predicted molar refractivity (Wildman–Crippen MR) is 95.6 cm³/mol. The van der Waals surface area contributed by atoms with Crippen LogP contribution < -0.4 is 5.73 Å². The van der Waals surface area contributed by atoms with Crippen molar-refractivity contribution in [3.8, 4) is 0 Å². The summed E-state index contributed by atoms with van der Waals surface area (Å²) < 4.78 is 29.0. The number of hydrogen-bond acceptors (Lipinski definition) is 5. The van der Waals surface area contributed by atoms with E-state index in [0.29, 0.717) is 12.1 Å². The zero-order chi connectivity index (χ0) is 19.1. The van der Waals surface area contributed by atoms with Crippen LogP contribution in [0.3, 0.4) is 0 Å². The van der Waals surface area contributed by atoms with Gasteiger partial charge in [-0.25, -0.2) is 4.79 Å². The van der Waals surface area contributed by atoms with Gasteiger partial charge >= 0.3 is 5.97 Å². The van der Waals surface area contributed by atoms with E-state index < -0.39 is 16.1 Å². The number of nitrogen functional groups attached to an aromatic ring is 1. The number of carboxylic acids is 1. The zero-order valence-electron chi connectivity index (χ0n) is 15.0. The average molecular weight is 357 g/mol. The first-order valence-electron chi connectivity index (χ1n) is 7.66. The lowest BCUT2D eigenvalue weighted by atomic mass is 9.99. The molecule has 0 aliphatic rings. The van der Waals surface area contributed by atoms with Gasteiger partial charge in [0.05, 0.1) is 11.5 Å². The summed E-state index contributed by atoms with van der Waals surface area (Å²) in [5, 5.41) is 7.89. The van der Waals surface area contributed by atoms with Gasteiger partial charge in [-0.2, -0.15) is 8.42 Å². The summed E-state index contributed by atoms with van der Waals surface area (Å²) in [6.07, 6.45) is 1.54. The normalized spacial score (nSPS) is 10.7. The van der Waals surface area contributed by atoms with Crippen molar-refractivity contribution in [2.24, 2.45) is 0 Å². The lowest BCUT2D eigenvalue weighted by molar-refractivity contribution is -0.132. The standard InChI is InChI=1S/C13H21NO3S.C4H6O2/c1-5-7-11-10(4)13(14)9(3)8-12(11)18(15,16)17-6-2;1-3(2)4(5)6/h8H,5-7,14H2,1-4H3;1H2,2H3,(H,5,6). The summed E-state index contributed by atoms with van der Waals surface area (Å²) in [6, 6.07) is 1.61. The third-order valence-corrected chi connectivity index (χ3v) is 4.78. The SMILES string of the molecule is C=C(C)C(=O)O.CCCc1c(S(=O)(=O)OCC)cc(C)c(N)c1C. The maximum atomic E-state index is 12.1. The summed E-state index contributed by atoms with van der Waals surface area (Å²) in [4.78, 5) is 9.86. The fourth-order valence-corrected chi connectivity index (χ4v) is 3.32. The molecule has 0 aliphatic carbocycles. The van der Waals surface area contributed by atoms with Gasteiger partial charge in [0.25, 0.3) is 10.1 Å². The molecule has 0 saturated carbocycles. The quantitative estimate of drug-likeness (QED) is 0.460. The molecular formula is C17H27NO5S. The number of nitrogens with two attached hydrogens (primary N) is 1. The molecular weight excluding hydrogens is 330 g/mol. The minimum absolute atomic E-state index is 0.135. The maximum absolute atomic E-state index is 12.1. The fourth-order valence-electron chi connectivity index (χ4n) is 2.01. The highest BCUT2D eigenvalue weighted by molar-refractivity contribution is 7.86. The lowest BCUT2D eigenvalue weighted by Gasteiger charge is -2.16. The summed E-state index contributed by atoms with van der Waals surface area (Å²) >= 11 is 0. The Morgan fingerprint density at radius 3 is 2.21 bits per heavy atom. The van der Waals surface area contributed by atoms with Crippen molar-refractivity contribution in [1.29, 1.82) is 0 Å². The summed E-state index contributed by atoms with van der Waals surface area (Å²) in [5.41, 5.74) is 9.18. The molecule has 0 unspecified atom stereocenters. The number of hydrogen-bond donors (Lipinski definition) is 2. The molecule has 0 saturated heterocycles. The number of rotatable bonds is 6. The summed E-state index contributed by atoms with van der Waals surface area (Å²) in [7, 11) is -3.68. The van der Waals surface area contributed by atoms with Crippen LogP contribution in [0, 0.1) is 13.8 Å². The highest BCUT2D eigenvalue weighted by Crippen LogP contribution is 2.29. The first kappa shape index (κ1) is 22.1. The largest absolute Gasteiger partial charge is 0.478 e. The minimum Gasteiger partial charge on any atom is -0.478 e. The van der Waals surface area contributed by atoms with Gasteiger partial charge in [0.15, 0.2) is 0 Å². The number of anilines is 1. The second-order valence-electron chi connectivity index (χ2n) is 5.40. The molecule has 136 valence electrons. The molecule has 24 heavy (non-hydrogen) atoms. The lowest BCUT2D eigenvalue weighted by Crippen LogP contribution is -2.12. The molecule has 0 fully saturated rings. The van der Waals surface area contributed by atoms with E-state index in [2.05, 4.69) is 6.58 Å². The van der Waals surface area contributed by atoms with Gasteiger partial charge in [-0.15, -0.1) is 0 Å². The van der Waals surface area contributed by atoms with E-state index in [-0.39, 0.29) is 17.1 Å². The van der Waals surface area contributed by atoms with Crippen LogP contribution in [0.25, 0.3) is 0 Å². The Morgan fingerprint density at radius 2 is 1.83 bits per heavy atom.